The Bertz CT molecular complexity index is 742. The first-order valence-corrected chi connectivity index (χ1v) is 10.3. The molecule has 1 aliphatic rings. The van der Waals surface area contributed by atoms with Crippen LogP contribution in [0.25, 0.3) is 11.3 Å². The molecular weight excluding hydrogens is 441 g/mol. The summed E-state index contributed by atoms with van der Waals surface area (Å²) in [5.74, 6) is 2.45. The van der Waals surface area contributed by atoms with Gasteiger partial charge in [0.15, 0.2) is 5.76 Å². The lowest BCUT2D eigenvalue weighted by Crippen LogP contribution is -2.51. The number of nitrogens with zero attached hydrogens (tertiary/aromatic N) is 1. The first-order valence-electron chi connectivity index (χ1n) is 8.86. The molecule has 1 aromatic carbocycles. The maximum Gasteiger partial charge on any atom is 0.233 e. The van der Waals surface area contributed by atoms with E-state index in [0.29, 0.717) is 28.3 Å². The number of thioether (sulfide) groups is 1. The molecule has 1 amide bonds. The summed E-state index contributed by atoms with van der Waals surface area (Å²) in [7, 11) is 0. The highest BCUT2D eigenvalue weighted by Crippen LogP contribution is 2.25. The van der Waals surface area contributed by atoms with Gasteiger partial charge in [-0.15, -0.1) is 36.6 Å². The van der Waals surface area contributed by atoms with Crippen LogP contribution >= 0.6 is 48.2 Å². The molecule has 1 fully saturated rings. The van der Waals surface area contributed by atoms with Crippen molar-refractivity contribution in [1.29, 1.82) is 0 Å². The molecule has 1 aromatic heterocycles. The number of rotatable bonds is 6. The highest BCUT2D eigenvalue weighted by atomic mass is 35.5. The van der Waals surface area contributed by atoms with E-state index < -0.39 is 0 Å². The molecule has 3 atom stereocenters. The lowest BCUT2D eigenvalue weighted by atomic mass is 9.95. The van der Waals surface area contributed by atoms with Crippen molar-refractivity contribution in [2.24, 2.45) is 5.92 Å². The molecule has 0 spiro atoms. The molecule has 3 unspecified atom stereocenters. The quantitative estimate of drug-likeness (QED) is 0.652. The summed E-state index contributed by atoms with van der Waals surface area (Å²) in [5.41, 5.74) is 0.933. The Hall–Kier alpha value is -0.920. The van der Waals surface area contributed by atoms with Gasteiger partial charge in [-0.3, -0.25) is 4.79 Å². The Morgan fingerprint density at radius 3 is 2.79 bits per heavy atom. The van der Waals surface area contributed by atoms with Crippen molar-refractivity contribution in [3.05, 3.63) is 41.4 Å². The predicted octanol–water partition coefficient (Wildman–Crippen LogP) is 4.57. The maximum atomic E-state index is 12.4. The van der Waals surface area contributed by atoms with Crippen LogP contribution in [0.4, 0.5) is 0 Å². The van der Waals surface area contributed by atoms with Gasteiger partial charge in [-0.05, 0) is 50.1 Å². The Kier molecular flexibility index (Phi) is 10.7. The Morgan fingerprint density at radius 1 is 1.39 bits per heavy atom. The number of hydrogen-bond donors (Lipinski definition) is 2. The third-order valence-corrected chi connectivity index (χ3v) is 6.04. The molecular formula is C19H26Cl3N3O2S. The molecule has 0 bridgehead atoms. The summed E-state index contributed by atoms with van der Waals surface area (Å²) < 4.78 is 5.79. The van der Waals surface area contributed by atoms with Gasteiger partial charge >= 0.3 is 0 Å². The monoisotopic (exact) mass is 465 g/mol. The van der Waals surface area contributed by atoms with Crippen molar-refractivity contribution >= 4 is 54.1 Å². The number of aromatic nitrogens is 1. The lowest BCUT2D eigenvalue weighted by Gasteiger charge is -2.31. The van der Waals surface area contributed by atoms with Crippen LogP contribution in [0, 0.1) is 5.92 Å². The molecule has 3 rings (SSSR count). The van der Waals surface area contributed by atoms with Crippen LogP contribution in [0.2, 0.25) is 5.02 Å². The van der Waals surface area contributed by atoms with Crippen LogP contribution in [0.1, 0.15) is 26.2 Å². The zero-order valence-corrected chi connectivity index (χ0v) is 19.0. The Labute approximate surface area is 187 Å². The van der Waals surface area contributed by atoms with Crippen LogP contribution in [0.15, 0.2) is 34.9 Å². The molecule has 2 heterocycles. The van der Waals surface area contributed by atoms with Crippen molar-refractivity contribution < 1.29 is 9.21 Å². The standard InChI is InChI=1S/C19H24ClN3O2S.2ClH/c1-12-7-8-21-9-16(12)23-19(24)13(2)26-11-18-22-10-17(25-18)14-3-5-15(20)6-4-14;;/h3-6,10,12-13,16,21H,7-9,11H2,1-2H3,(H,23,24);2*1H. The van der Waals surface area contributed by atoms with Gasteiger partial charge in [-0.1, -0.05) is 18.5 Å². The van der Waals surface area contributed by atoms with Crippen LogP contribution < -0.4 is 10.6 Å². The van der Waals surface area contributed by atoms with Crippen molar-refractivity contribution in [2.75, 3.05) is 13.1 Å². The summed E-state index contributed by atoms with van der Waals surface area (Å²) in [4.78, 5) is 16.7. The van der Waals surface area contributed by atoms with E-state index in [2.05, 4.69) is 22.5 Å². The molecule has 9 heteroatoms. The SMILES string of the molecule is CC(SCc1ncc(-c2ccc(Cl)cc2)o1)C(=O)NC1CNCCC1C.Cl.Cl. The van der Waals surface area contributed by atoms with Crippen molar-refractivity contribution in [3.8, 4) is 11.3 Å². The first kappa shape index (κ1) is 25.1. The van der Waals surface area contributed by atoms with Gasteiger partial charge < -0.3 is 15.1 Å². The van der Waals surface area contributed by atoms with Crippen molar-refractivity contribution in [2.45, 2.75) is 37.3 Å². The molecule has 0 aliphatic carbocycles. The summed E-state index contributed by atoms with van der Waals surface area (Å²) >= 11 is 7.43. The number of nitrogens with one attached hydrogen (secondary N) is 2. The van der Waals surface area contributed by atoms with Gasteiger partial charge in [0.2, 0.25) is 11.8 Å². The topological polar surface area (TPSA) is 67.2 Å². The molecule has 2 N–H and O–H groups in total. The number of oxazole rings is 1. The smallest absolute Gasteiger partial charge is 0.233 e. The molecule has 2 aromatic rings. The maximum absolute atomic E-state index is 12.4. The minimum Gasteiger partial charge on any atom is -0.440 e. The Balaban J connectivity index is 0.00000196. The minimum atomic E-state index is -0.157. The van der Waals surface area contributed by atoms with Gasteiger partial charge in [0.25, 0.3) is 0 Å². The van der Waals surface area contributed by atoms with Gasteiger partial charge in [-0.25, -0.2) is 4.98 Å². The first-order chi connectivity index (χ1) is 12.5. The summed E-state index contributed by atoms with van der Waals surface area (Å²) in [6.07, 6.45) is 2.80. The number of piperidine rings is 1. The molecule has 0 saturated carbocycles. The van der Waals surface area contributed by atoms with Gasteiger partial charge in [0.05, 0.1) is 17.2 Å². The second-order valence-corrected chi connectivity index (χ2v) is 8.43. The van der Waals surface area contributed by atoms with E-state index in [0.717, 1.165) is 25.1 Å². The second-order valence-electron chi connectivity index (χ2n) is 6.66. The third kappa shape index (κ3) is 6.85. The molecule has 1 saturated heterocycles. The molecule has 5 nitrogen and oxygen atoms in total. The normalized spacial score (nSPS) is 19.8. The van der Waals surface area contributed by atoms with E-state index >= 15 is 0 Å². The van der Waals surface area contributed by atoms with Crippen LogP contribution in [0.3, 0.4) is 0 Å². The molecule has 0 radical (unpaired) electrons. The fraction of sp³-hybridized carbons (Fsp3) is 0.474. The van der Waals surface area contributed by atoms with Gasteiger partial charge in [0, 0.05) is 23.2 Å². The van der Waals surface area contributed by atoms with E-state index in [1.807, 2.05) is 31.2 Å². The number of benzene rings is 1. The van der Waals surface area contributed by atoms with Crippen LogP contribution in [-0.2, 0) is 10.5 Å². The third-order valence-electron chi connectivity index (χ3n) is 4.66. The zero-order valence-electron chi connectivity index (χ0n) is 15.8. The van der Waals surface area contributed by atoms with Crippen LogP contribution in [0.5, 0.6) is 0 Å². The molecule has 156 valence electrons. The highest BCUT2D eigenvalue weighted by Gasteiger charge is 2.25. The highest BCUT2D eigenvalue weighted by molar-refractivity contribution is 7.99. The van der Waals surface area contributed by atoms with E-state index in [1.54, 1.807) is 6.20 Å². The minimum absolute atomic E-state index is 0. The second kappa shape index (κ2) is 11.9. The average molecular weight is 467 g/mol. The van der Waals surface area contributed by atoms with Crippen LogP contribution in [-0.4, -0.2) is 35.3 Å². The van der Waals surface area contributed by atoms with Crippen molar-refractivity contribution in [1.82, 2.24) is 15.6 Å². The van der Waals surface area contributed by atoms with Gasteiger partial charge in [-0.2, -0.15) is 0 Å². The fourth-order valence-electron chi connectivity index (χ4n) is 2.88. The number of carbonyl (C=O) groups excluding carboxylic acids is 1. The Morgan fingerprint density at radius 2 is 2.11 bits per heavy atom. The van der Waals surface area contributed by atoms with Gasteiger partial charge in [0.1, 0.15) is 0 Å². The molecule has 1 aliphatic heterocycles. The van der Waals surface area contributed by atoms with E-state index in [-0.39, 0.29) is 42.0 Å². The summed E-state index contributed by atoms with van der Waals surface area (Å²) in [6.45, 7) is 5.98. The largest absolute Gasteiger partial charge is 0.440 e. The van der Waals surface area contributed by atoms with E-state index in [4.69, 9.17) is 16.0 Å². The average Bonchev–Trinajstić information content (AvgIpc) is 3.11. The van der Waals surface area contributed by atoms with E-state index in [1.165, 1.54) is 11.8 Å². The summed E-state index contributed by atoms with van der Waals surface area (Å²) in [5, 5.41) is 7.02. The van der Waals surface area contributed by atoms with E-state index in [9.17, 15) is 4.79 Å². The number of hydrogen-bond acceptors (Lipinski definition) is 5. The number of halogens is 3. The number of carbonyl (C=O) groups is 1. The van der Waals surface area contributed by atoms with Crippen molar-refractivity contribution in [3.63, 3.8) is 0 Å². The molecule has 28 heavy (non-hydrogen) atoms. The summed E-state index contributed by atoms with van der Waals surface area (Å²) in [6, 6.07) is 7.64. The lowest BCUT2D eigenvalue weighted by molar-refractivity contribution is -0.121. The number of amides is 1. The fourth-order valence-corrected chi connectivity index (χ4v) is 3.75. The zero-order chi connectivity index (χ0) is 18.5. The predicted molar refractivity (Wildman–Crippen MR) is 121 cm³/mol.